The lowest BCUT2D eigenvalue weighted by molar-refractivity contribution is 0.0157. The average molecular weight is 475 g/mol. The summed E-state index contributed by atoms with van der Waals surface area (Å²) < 4.78 is 0. The van der Waals surface area contributed by atoms with E-state index in [0.29, 0.717) is 6.42 Å². The highest BCUT2D eigenvalue weighted by Crippen LogP contribution is 2.38. The van der Waals surface area contributed by atoms with Crippen LogP contribution < -0.4 is 5.32 Å². The summed E-state index contributed by atoms with van der Waals surface area (Å²) in [5.41, 5.74) is 4.83. The van der Waals surface area contributed by atoms with Gasteiger partial charge in [-0.2, -0.15) is 0 Å². The Bertz CT molecular complexity index is 779. The summed E-state index contributed by atoms with van der Waals surface area (Å²) in [7, 11) is 1.99. The van der Waals surface area contributed by atoms with Crippen molar-refractivity contribution in [1.29, 1.82) is 0 Å². The molecule has 0 heterocycles. The van der Waals surface area contributed by atoms with Crippen LogP contribution in [0.2, 0.25) is 0 Å². The molecule has 1 aliphatic carbocycles. The predicted molar refractivity (Wildman–Crippen MR) is 146 cm³/mol. The third-order valence-electron chi connectivity index (χ3n) is 6.37. The van der Waals surface area contributed by atoms with Gasteiger partial charge in [0.2, 0.25) is 0 Å². The van der Waals surface area contributed by atoms with Crippen LogP contribution >= 0.6 is 11.8 Å². The van der Waals surface area contributed by atoms with E-state index >= 15 is 0 Å². The molecule has 4 nitrogen and oxygen atoms in total. The smallest absolute Gasteiger partial charge is 0.128 e. The minimum absolute atomic E-state index is 0.0897. The van der Waals surface area contributed by atoms with Gasteiger partial charge in [0.05, 0.1) is 5.25 Å². The van der Waals surface area contributed by atoms with Gasteiger partial charge < -0.3 is 15.5 Å². The van der Waals surface area contributed by atoms with Crippen LogP contribution in [-0.4, -0.2) is 45.9 Å². The van der Waals surface area contributed by atoms with Crippen LogP contribution in [0.4, 0.5) is 0 Å². The Morgan fingerprint density at radius 2 is 2.03 bits per heavy atom. The summed E-state index contributed by atoms with van der Waals surface area (Å²) in [5, 5.41) is 24.3. The van der Waals surface area contributed by atoms with Crippen molar-refractivity contribution < 1.29 is 10.2 Å². The highest BCUT2D eigenvalue weighted by atomic mass is 32.2. The van der Waals surface area contributed by atoms with Gasteiger partial charge in [-0.25, -0.2) is 0 Å². The molecule has 33 heavy (non-hydrogen) atoms. The highest BCUT2D eigenvalue weighted by Gasteiger charge is 2.30. The molecule has 0 radical (unpaired) electrons. The third-order valence-corrected chi connectivity index (χ3v) is 7.52. The van der Waals surface area contributed by atoms with Crippen LogP contribution in [0.3, 0.4) is 0 Å². The number of allylic oxidation sites excluding steroid dienone is 6. The van der Waals surface area contributed by atoms with Crippen molar-refractivity contribution in [3.05, 3.63) is 70.9 Å². The summed E-state index contributed by atoms with van der Waals surface area (Å²) in [4.78, 5) is 2.98. The lowest BCUT2D eigenvalue weighted by Gasteiger charge is -2.35. The number of nitrogens with one attached hydrogen (secondary N) is 1. The molecule has 0 aromatic rings. The van der Waals surface area contributed by atoms with Crippen LogP contribution in [0.1, 0.15) is 67.2 Å². The largest absolute Gasteiger partial charge is 0.379 e. The van der Waals surface area contributed by atoms with Crippen molar-refractivity contribution in [2.75, 3.05) is 7.05 Å². The lowest BCUT2D eigenvalue weighted by Crippen LogP contribution is -2.42. The van der Waals surface area contributed by atoms with Crippen LogP contribution in [0, 0.1) is 5.92 Å². The first kappa shape index (κ1) is 29.5. The Labute approximate surface area is 206 Å². The summed E-state index contributed by atoms with van der Waals surface area (Å²) in [5.74, 6) is 0.149. The van der Waals surface area contributed by atoms with E-state index < -0.39 is 12.5 Å². The standard InChI is InChI=1S/C28H46N2O2S/c1-10-19(4)17-26(28-21(6)15-13-14-16-25(28)30(9)23(8)31)33-22(7)18-27(32)29-24(12-3)20(5)11-2/h11-13,15,17,20,23,25-27,29,31-32H,2,7,10,14,16,18H2,1,3-6,8-9H3/b19-17+,24-12-/t20?,23-,25+,26+,27?/m0/s1. The first-order valence-electron chi connectivity index (χ1n) is 12.1. The monoisotopic (exact) mass is 474 g/mol. The second-order valence-corrected chi connectivity index (χ2v) is 10.3. The maximum Gasteiger partial charge on any atom is 0.128 e. The zero-order valence-corrected chi connectivity index (χ0v) is 22.6. The van der Waals surface area contributed by atoms with Crippen molar-refractivity contribution >= 4 is 11.8 Å². The van der Waals surface area contributed by atoms with E-state index in [9.17, 15) is 10.2 Å². The third kappa shape index (κ3) is 9.32. The molecule has 1 aliphatic rings. The number of hydrogen-bond acceptors (Lipinski definition) is 5. The van der Waals surface area contributed by atoms with Gasteiger partial charge in [-0.3, -0.25) is 4.90 Å². The van der Waals surface area contributed by atoms with Crippen LogP contribution in [0.5, 0.6) is 0 Å². The van der Waals surface area contributed by atoms with Gasteiger partial charge in [0.15, 0.2) is 0 Å². The molecule has 2 unspecified atom stereocenters. The number of aliphatic hydroxyl groups excluding tert-OH is 2. The summed E-state index contributed by atoms with van der Waals surface area (Å²) >= 11 is 1.71. The van der Waals surface area contributed by atoms with Gasteiger partial charge in [-0.1, -0.05) is 56.4 Å². The zero-order valence-electron chi connectivity index (χ0n) is 21.8. The Morgan fingerprint density at radius 3 is 2.58 bits per heavy atom. The molecule has 0 saturated heterocycles. The SMILES string of the molecule is C=CC(C)/C(=C/C)NC(O)CC(=C)S[C@H](/C=C(\C)CC)C1=C(C)C=CCC[C@H]1N(C)[C@H](C)O. The second kappa shape index (κ2) is 14.7. The van der Waals surface area contributed by atoms with Gasteiger partial charge in [0, 0.05) is 24.1 Å². The Hall–Kier alpha value is -1.53. The molecule has 0 amide bonds. The quantitative estimate of drug-likeness (QED) is 0.216. The molecule has 5 atom stereocenters. The Balaban J connectivity index is 3.17. The van der Waals surface area contributed by atoms with Crippen LogP contribution in [0.25, 0.3) is 0 Å². The molecule has 0 bridgehead atoms. The first-order chi connectivity index (χ1) is 15.5. The minimum Gasteiger partial charge on any atom is -0.379 e. The molecular formula is C28H46N2O2S. The zero-order chi connectivity index (χ0) is 25.1. The molecule has 0 aromatic heterocycles. The maximum absolute atomic E-state index is 10.7. The highest BCUT2D eigenvalue weighted by molar-refractivity contribution is 8.04. The number of thioether (sulfide) groups is 1. The van der Waals surface area contributed by atoms with E-state index in [1.54, 1.807) is 11.8 Å². The van der Waals surface area contributed by atoms with Crippen LogP contribution in [-0.2, 0) is 0 Å². The fourth-order valence-electron chi connectivity index (χ4n) is 3.98. The average Bonchev–Trinajstić information content (AvgIpc) is 2.96. The van der Waals surface area contributed by atoms with E-state index in [1.807, 2.05) is 40.0 Å². The Morgan fingerprint density at radius 1 is 1.36 bits per heavy atom. The van der Waals surface area contributed by atoms with E-state index in [2.05, 4.69) is 62.4 Å². The number of hydrogen-bond donors (Lipinski definition) is 3. The van der Waals surface area contributed by atoms with E-state index in [0.717, 1.165) is 29.9 Å². The summed E-state index contributed by atoms with van der Waals surface area (Å²) in [6, 6.07) is 0.136. The van der Waals surface area contributed by atoms with Gasteiger partial charge in [-0.05, 0) is 70.1 Å². The van der Waals surface area contributed by atoms with Crippen molar-refractivity contribution in [1.82, 2.24) is 10.2 Å². The molecule has 0 spiro atoms. The molecule has 5 heteroatoms. The number of nitrogens with zero attached hydrogens (tertiary/aromatic N) is 1. The molecule has 0 fully saturated rings. The van der Waals surface area contributed by atoms with Gasteiger partial charge in [0.1, 0.15) is 12.5 Å². The summed E-state index contributed by atoms with van der Waals surface area (Å²) in [6.07, 6.45) is 12.7. The minimum atomic E-state index is -0.712. The molecule has 0 aromatic carbocycles. The second-order valence-electron chi connectivity index (χ2n) is 9.01. The van der Waals surface area contributed by atoms with E-state index in [1.165, 1.54) is 16.7 Å². The van der Waals surface area contributed by atoms with Crippen LogP contribution in [0.15, 0.2) is 70.9 Å². The molecule has 3 N–H and O–H groups in total. The lowest BCUT2D eigenvalue weighted by atomic mass is 9.94. The maximum atomic E-state index is 10.7. The molecule has 186 valence electrons. The Kier molecular flexibility index (Phi) is 13.1. The van der Waals surface area contributed by atoms with Crippen molar-refractivity contribution in [2.24, 2.45) is 5.92 Å². The molecule has 1 rings (SSSR count). The molecule has 0 saturated carbocycles. The fourth-order valence-corrected chi connectivity index (χ4v) is 5.36. The first-order valence-corrected chi connectivity index (χ1v) is 13.0. The van der Waals surface area contributed by atoms with Gasteiger partial charge in [-0.15, -0.1) is 18.3 Å². The van der Waals surface area contributed by atoms with E-state index in [-0.39, 0.29) is 17.2 Å². The fraction of sp³-hybridized carbons (Fsp3) is 0.571. The molecule has 0 aliphatic heterocycles. The number of rotatable bonds is 13. The summed E-state index contributed by atoms with van der Waals surface area (Å²) in [6.45, 7) is 20.5. The van der Waals surface area contributed by atoms with Crippen molar-refractivity contribution in [2.45, 2.75) is 91.0 Å². The van der Waals surface area contributed by atoms with Gasteiger partial charge in [0.25, 0.3) is 0 Å². The molecular weight excluding hydrogens is 428 g/mol. The van der Waals surface area contributed by atoms with E-state index in [4.69, 9.17) is 0 Å². The van der Waals surface area contributed by atoms with Crippen molar-refractivity contribution in [3.8, 4) is 0 Å². The number of likely N-dealkylation sites (N-methyl/N-ethyl adjacent to an activating group) is 1. The van der Waals surface area contributed by atoms with Crippen molar-refractivity contribution in [3.63, 3.8) is 0 Å². The predicted octanol–water partition coefficient (Wildman–Crippen LogP) is 6.29. The number of aliphatic hydroxyl groups is 2. The topological polar surface area (TPSA) is 55.7 Å². The normalized spacial score (nSPS) is 21.5. The van der Waals surface area contributed by atoms with Gasteiger partial charge >= 0.3 is 0 Å².